The summed E-state index contributed by atoms with van der Waals surface area (Å²) in [6.07, 6.45) is 0. The van der Waals surface area contributed by atoms with E-state index in [1.54, 1.807) is 56.5 Å². The Bertz CT molecular complexity index is 774. The zero-order chi connectivity index (χ0) is 18.4. The van der Waals surface area contributed by atoms with Gasteiger partial charge in [0.2, 0.25) is 5.91 Å². The van der Waals surface area contributed by atoms with Crippen LogP contribution in [0.1, 0.15) is 22.8 Å². The van der Waals surface area contributed by atoms with E-state index < -0.39 is 0 Å². The van der Waals surface area contributed by atoms with Crippen LogP contribution in [0.4, 0.5) is 5.69 Å². The topological polar surface area (TPSA) is 67.9 Å². The Kier molecular flexibility index (Phi) is 6.00. The van der Waals surface area contributed by atoms with E-state index in [1.807, 2.05) is 12.1 Å². The SMILES string of the molecule is COc1cccc(CN(C)C(=O)c2cccc(NC(C)=O)c2)c1OC. The van der Waals surface area contributed by atoms with E-state index in [4.69, 9.17) is 9.47 Å². The Labute approximate surface area is 147 Å². The second-order valence-electron chi connectivity index (χ2n) is 5.58. The predicted molar refractivity (Wildman–Crippen MR) is 96.1 cm³/mol. The average molecular weight is 342 g/mol. The lowest BCUT2D eigenvalue weighted by atomic mass is 10.1. The van der Waals surface area contributed by atoms with Crippen molar-refractivity contribution in [2.45, 2.75) is 13.5 Å². The molecule has 0 spiro atoms. The molecule has 0 heterocycles. The van der Waals surface area contributed by atoms with Crippen LogP contribution in [0.25, 0.3) is 0 Å². The molecule has 2 rings (SSSR count). The molecule has 6 nitrogen and oxygen atoms in total. The average Bonchev–Trinajstić information content (AvgIpc) is 2.60. The summed E-state index contributed by atoms with van der Waals surface area (Å²) in [4.78, 5) is 25.4. The van der Waals surface area contributed by atoms with E-state index in [2.05, 4.69) is 5.32 Å². The number of hydrogen-bond donors (Lipinski definition) is 1. The number of carbonyl (C=O) groups is 2. The number of hydrogen-bond acceptors (Lipinski definition) is 4. The number of amides is 2. The molecule has 0 aliphatic heterocycles. The number of nitrogens with one attached hydrogen (secondary N) is 1. The molecule has 2 amide bonds. The second-order valence-corrected chi connectivity index (χ2v) is 5.58. The Morgan fingerprint density at radius 1 is 1.08 bits per heavy atom. The monoisotopic (exact) mass is 342 g/mol. The third kappa shape index (κ3) is 4.50. The molecule has 0 aromatic heterocycles. The maximum atomic E-state index is 12.7. The minimum absolute atomic E-state index is 0.155. The van der Waals surface area contributed by atoms with Crippen LogP contribution in [-0.2, 0) is 11.3 Å². The van der Waals surface area contributed by atoms with Crippen molar-refractivity contribution in [2.24, 2.45) is 0 Å². The van der Waals surface area contributed by atoms with Gasteiger partial charge >= 0.3 is 0 Å². The molecular weight excluding hydrogens is 320 g/mol. The first kappa shape index (κ1) is 18.3. The molecule has 0 fully saturated rings. The van der Waals surface area contributed by atoms with E-state index >= 15 is 0 Å². The van der Waals surface area contributed by atoms with E-state index in [1.165, 1.54) is 6.92 Å². The van der Waals surface area contributed by atoms with Crippen LogP contribution < -0.4 is 14.8 Å². The Morgan fingerprint density at radius 3 is 2.44 bits per heavy atom. The van der Waals surface area contributed by atoms with Gasteiger partial charge < -0.3 is 19.7 Å². The number of rotatable bonds is 6. The Hall–Kier alpha value is -3.02. The van der Waals surface area contributed by atoms with Crippen molar-refractivity contribution in [3.63, 3.8) is 0 Å². The van der Waals surface area contributed by atoms with Crippen molar-refractivity contribution in [2.75, 3.05) is 26.6 Å². The molecule has 0 saturated heterocycles. The summed E-state index contributed by atoms with van der Waals surface area (Å²) in [6.45, 7) is 1.79. The smallest absolute Gasteiger partial charge is 0.253 e. The van der Waals surface area contributed by atoms with Gasteiger partial charge in [0.25, 0.3) is 5.91 Å². The highest BCUT2D eigenvalue weighted by Crippen LogP contribution is 2.31. The van der Waals surface area contributed by atoms with Crippen molar-refractivity contribution in [3.8, 4) is 11.5 Å². The molecule has 2 aromatic rings. The first-order chi connectivity index (χ1) is 12.0. The van der Waals surface area contributed by atoms with Gasteiger partial charge in [-0.05, 0) is 24.3 Å². The summed E-state index contributed by atoms with van der Waals surface area (Å²) in [5, 5.41) is 2.68. The van der Waals surface area contributed by atoms with Crippen molar-refractivity contribution in [1.29, 1.82) is 0 Å². The second kappa shape index (κ2) is 8.19. The minimum atomic E-state index is -0.181. The van der Waals surface area contributed by atoms with Gasteiger partial charge in [-0.2, -0.15) is 0 Å². The van der Waals surface area contributed by atoms with Gasteiger partial charge in [0.1, 0.15) is 0 Å². The van der Waals surface area contributed by atoms with Crippen molar-refractivity contribution in [1.82, 2.24) is 4.90 Å². The van der Waals surface area contributed by atoms with Crippen molar-refractivity contribution >= 4 is 17.5 Å². The normalized spacial score (nSPS) is 10.1. The molecule has 2 aromatic carbocycles. The summed E-state index contributed by atoms with van der Waals surface area (Å²) in [5.74, 6) is 0.890. The number of methoxy groups -OCH3 is 2. The molecule has 0 radical (unpaired) electrons. The van der Waals surface area contributed by atoms with Gasteiger partial charge in [-0.1, -0.05) is 18.2 Å². The van der Waals surface area contributed by atoms with E-state index in [-0.39, 0.29) is 11.8 Å². The highest BCUT2D eigenvalue weighted by Gasteiger charge is 2.16. The lowest BCUT2D eigenvalue weighted by molar-refractivity contribution is -0.114. The van der Waals surface area contributed by atoms with Crippen LogP contribution >= 0.6 is 0 Å². The van der Waals surface area contributed by atoms with Gasteiger partial charge in [-0.3, -0.25) is 9.59 Å². The standard InChI is InChI=1S/C19H22N2O4/c1-13(22)20-16-9-5-7-14(11-16)19(23)21(2)12-15-8-6-10-17(24-3)18(15)25-4/h5-11H,12H2,1-4H3,(H,20,22). The molecule has 0 saturated carbocycles. The first-order valence-corrected chi connectivity index (χ1v) is 7.79. The van der Waals surface area contributed by atoms with Crippen LogP contribution in [0, 0.1) is 0 Å². The fourth-order valence-electron chi connectivity index (χ4n) is 2.56. The fraction of sp³-hybridized carbons (Fsp3) is 0.263. The molecule has 0 aliphatic carbocycles. The zero-order valence-corrected chi connectivity index (χ0v) is 14.8. The van der Waals surface area contributed by atoms with Crippen LogP contribution in [0.15, 0.2) is 42.5 Å². The van der Waals surface area contributed by atoms with Gasteiger partial charge in [0.15, 0.2) is 11.5 Å². The predicted octanol–water partition coefficient (Wildman–Crippen LogP) is 2.93. The molecular formula is C19H22N2O4. The van der Waals surface area contributed by atoms with Gasteiger partial charge in [0.05, 0.1) is 14.2 Å². The number of anilines is 1. The maximum Gasteiger partial charge on any atom is 0.253 e. The number of benzene rings is 2. The number of ether oxygens (including phenoxy) is 2. The molecule has 25 heavy (non-hydrogen) atoms. The maximum absolute atomic E-state index is 12.7. The van der Waals surface area contributed by atoms with Gasteiger partial charge in [0, 0.05) is 37.3 Å². The molecule has 0 atom stereocenters. The van der Waals surface area contributed by atoms with E-state index in [0.717, 1.165) is 5.56 Å². The van der Waals surface area contributed by atoms with E-state index in [0.29, 0.717) is 29.3 Å². The largest absolute Gasteiger partial charge is 0.493 e. The van der Waals surface area contributed by atoms with Crippen LogP contribution in [0.3, 0.4) is 0 Å². The van der Waals surface area contributed by atoms with Crippen LogP contribution in [0.5, 0.6) is 11.5 Å². The van der Waals surface area contributed by atoms with Crippen molar-refractivity contribution in [3.05, 3.63) is 53.6 Å². The molecule has 0 unspecified atom stereocenters. The summed E-state index contributed by atoms with van der Waals surface area (Å²) in [7, 11) is 4.86. The van der Waals surface area contributed by atoms with Gasteiger partial charge in [-0.25, -0.2) is 0 Å². The summed E-state index contributed by atoms with van der Waals surface area (Å²) >= 11 is 0. The number of carbonyl (C=O) groups excluding carboxylic acids is 2. The lowest BCUT2D eigenvalue weighted by Gasteiger charge is -2.20. The molecule has 0 bridgehead atoms. The zero-order valence-electron chi connectivity index (χ0n) is 14.8. The quantitative estimate of drug-likeness (QED) is 0.876. The third-order valence-corrected chi connectivity index (χ3v) is 3.67. The summed E-state index contributed by atoms with van der Waals surface area (Å²) in [6, 6.07) is 12.4. The summed E-state index contributed by atoms with van der Waals surface area (Å²) < 4.78 is 10.7. The van der Waals surface area contributed by atoms with Crippen LogP contribution in [-0.4, -0.2) is 38.0 Å². The first-order valence-electron chi connectivity index (χ1n) is 7.79. The third-order valence-electron chi connectivity index (χ3n) is 3.67. The summed E-state index contributed by atoms with van der Waals surface area (Å²) in [5.41, 5.74) is 1.93. The van der Waals surface area contributed by atoms with Crippen molar-refractivity contribution < 1.29 is 19.1 Å². The number of nitrogens with zero attached hydrogens (tertiary/aromatic N) is 1. The highest BCUT2D eigenvalue weighted by atomic mass is 16.5. The molecule has 132 valence electrons. The van der Waals surface area contributed by atoms with Gasteiger partial charge in [-0.15, -0.1) is 0 Å². The molecule has 6 heteroatoms. The lowest BCUT2D eigenvalue weighted by Crippen LogP contribution is -2.26. The molecule has 0 aliphatic rings. The molecule has 1 N–H and O–H groups in total. The van der Waals surface area contributed by atoms with Crippen LogP contribution in [0.2, 0.25) is 0 Å². The van der Waals surface area contributed by atoms with E-state index in [9.17, 15) is 9.59 Å². The Balaban J connectivity index is 2.20. The minimum Gasteiger partial charge on any atom is -0.493 e. The highest BCUT2D eigenvalue weighted by molar-refractivity contribution is 5.96. The Morgan fingerprint density at radius 2 is 1.80 bits per heavy atom. The number of para-hydroxylation sites is 1. The fourth-order valence-corrected chi connectivity index (χ4v) is 2.56.